The van der Waals surface area contributed by atoms with Gasteiger partial charge in [0, 0.05) is 0 Å². The molecule has 3 saturated carbocycles. The Morgan fingerprint density at radius 3 is 2.17 bits per heavy atom. The first-order chi connectivity index (χ1) is 11.4. The Morgan fingerprint density at radius 1 is 1.00 bits per heavy atom. The molecule has 0 aromatic heterocycles. The van der Waals surface area contributed by atoms with Gasteiger partial charge >= 0.3 is 6.36 Å². The monoisotopic (exact) mass is 338 g/mol. The highest BCUT2D eigenvalue weighted by molar-refractivity contribution is 5.30. The van der Waals surface area contributed by atoms with Crippen molar-refractivity contribution in [3.8, 4) is 5.75 Å². The first-order valence-corrected chi connectivity index (χ1v) is 9.23. The Bertz CT molecular complexity index is 586. The van der Waals surface area contributed by atoms with E-state index in [1.165, 1.54) is 57.1 Å². The first kappa shape index (κ1) is 16.3. The molecule has 4 heteroatoms. The molecule has 0 aliphatic heterocycles. The molecule has 4 rings (SSSR count). The third kappa shape index (κ3) is 2.93. The van der Waals surface area contributed by atoms with E-state index in [-0.39, 0.29) is 5.75 Å². The second-order valence-electron chi connectivity index (χ2n) is 8.23. The molecular formula is C20H25F3O. The van der Waals surface area contributed by atoms with Crippen LogP contribution in [0.3, 0.4) is 0 Å². The standard InChI is InChI=1S/C20H25F3O/c1-13-10-11-19(12-18(13)19)16-6-2-14(3-7-16)15-4-8-17(9-5-15)24-20(21,22)23/h4-5,8-9,13-14,16,18H,2-3,6-7,10-12H2,1H3. The van der Waals surface area contributed by atoms with Crippen LogP contribution in [0.5, 0.6) is 5.75 Å². The fourth-order valence-electron chi connectivity index (χ4n) is 5.72. The predicted molar refractivity (Wildman–Crippen MR) is 86.8 cm³/mol. The second-order valence-corrected chi connectivity index (χ2v) is 8.23. The quantitative estimate of drug-likeness (QED) is 0.629. The number of alkyl halides is 3. The van der Waals surface area contributed by atoms with Gasteiger partial charge in [0.1, 0.15) is 5.75 Å². The minimum absolute atomic E-state index is 0.125. The van der Waals surface area contributed by atoms with Gasteiger partial charge in [-0.3, -0.25) is 0 Å². The van der Waals surface area contributed by atoms with Gasteiger partial charge < -0.3 is 4.74 Å². The number of fused-ring (bicyclic) bond motifs is 1. The van der Waals surface area contributed by atoms with Gasteiger partial charge in [-0.05, 0) is 91.7 Å². The van der Waals surface area contributed by atoms with Crippen LogP contribution in [0.2, 0.25) is 0 Å². The van der Waals surface area contributed by atoms with E-state index in [2.05, 4.69) is 11.7 Å². The van der Waals surface area contributed by atoms with E-state index >= 15 is 0 Å². The van der Waals surface area contributed by atoms with E-state index in [0.717, 1.165) is 23.3 Å². The topological polar surface area (TPSA) is 9.23 Å². The van der Waals surface area contributed by atoms with Crippen LogP contribution in [-0.4, -0.2) is 6.36 Å². The van der Waals surface area contributed by atoms with Crippen LogP contribution in [0.4, 0.5) is 13.2 Å². The highest BCUT2D eigenvalue weighted by Gasteiger charge is 2.63. The third-order valence-corrected chi connectivity index (χ3v) is 7.06. The molecule has 0 heterocycles. The molecular weight excluding hydrogens is 313 g/mol. The van der Waals surface area contributed by atoms with Crippen LogP contribution < -0.4 is 4.74 Å². The molecule has 1 aromatic rings. The molecule has 3 aliphatic rings. The fourth-order valence-corrected chi connectivity index (χ4v) is 5.72. The van der Waals surface area contributed by atoms with Crippen molar-refractivity contribution in [1.82, 2.24) is 0 Å². The highest BCUT2D eigenvalue weighted by Crippen LogP contribution is 2.71. The largest absolute Gasteiger partial charge is 0.573 e. The SMILES string of the molecule is CC1CCC2(C3CCC(c4ccc(OC(F)(F)F)cc4)CC3)CC12. The Balaban J connectivity index is 1.35. The van der Waals surface area contributed by atoms with Crippen molar-refractivity contribution < 1.29 is 17.9 Å². The summed E-state index contributed by atoms with van der Waals surface area (Å²) in [6, 6.07) is 6.51. The minimum atomic E-state index is -4.61. The lowest BCUT2D eigenvalue weighted by molar-refractivity contribution is -0.274. The summed E-state index contributed by atoms with van der Waals surface area (Å²) >= 11 is 0. The van der Waals surface area contributed by atoms with Crippen molar-refractivity contribution in [2.24, 2.45) is 23.2 Å². The summed E-state index contributed by atoms with van der Waals surface area (Å²) in [5, 5.41) is 0. The van der Waals surface area contributed by atoms with Crippen LogP contribution in [0, 0.1) is 23.2 Å². The molecule has 3 atom stereocenters. The summed E-state index contributed by atoms with van der Waals surface area (Å²) in [5.74, 6) is 3.16. The zero-order valence-corrected chi connectivity index (χ0v) is 14.1. The lowest BCUT2D eigenvalue weighted by Gasteiger charge is -2.34. The van der Waals surface area contributed by atoms with Gasteiger partial charge in [0.2, 0.25) is 0 Å². The Morgan fingerprint density at radius 2 is 1.67 bits per heavy atom. The molecule has 0 saturated heterocycles. The van der Waals surface area contributed by atoms with Crippen molar-refractivity contribution in [3.05, 3.63) is 29.8 Å². The van der Waals surface area contributed by atoms with Gasteiger partial charge in [-0.25, -0.2) is 0 Å². The molecule has 3 unspecified atom stereocenters. The average molecular weight is 338 g/mol. The highest BCUT2D eigenvalue weighted by atomic mass is 19.4. The van der Waals surface area contributed by atoms with Crippen LogP contribution >= 0.6 is 0 Å². The van der Waals surface area contributed by atoms with E-state index < -0.39 is 6.36 Å². The normalized spacial score (nSPS) is 38.7. The number of hydrogen-bond acceptors (Lipinski definition) is 1. The van der Waals surface area contributed by atoms with E-state index in [1.807, 2.05) is 12.1 Å². The zero-order chi connectivity index (χ0) is 16.9. The van der Waals surface area contributed by atoms with Gasteiger partial charge in [-0.15, -0.1) is 13.2 Å². The molecule has 3 fully saturated rings. The van der Waals surface area contributed by atoms with E-state index in [1.54, 1.807) is 0 Å². The summed E-state index contributed by atoms with van der Waals surface area (Å²) < 4.78 is 40.7. The van der Waals surface area contributed by atoms with Crippen LogP contribution in [0.25, 0.3) is 0 Å². The van der Waals surface area contributed by atoms with Gasteiger partial charge in [0.25, 0.3) is 0 Å². The molecule has 3 aliphatic carbocycles. The van der Waals surface area contributed by atoms with Crippen molar-refractivity contribution in [3.63, 3.8) is 0 Å². The molecule has 0 radical (unpaired) electrons. The number of ether oxygens (including phenoxy) is 1. The van der Waals surface area contributed by atoms with Crippen LogP contribution in [-0.2, 0) is 0 Å². The molecule has 0 bridgehead atoms. The first-order valence-electron chi connectivity index (χ1n) is 9.23. The summed E-state index contributed by atoms with van der Waals surface area (Å²) in [7, 11) is 0. The number of rotatable bonds is 3. The summed E-state index contributed by atoms with van der Waals surface area (Å²) in [5.41, 5.74) is 1.84. The number of halogens is 3. The molecule has 0 amide bonds. The van der Waals surface area contributed by atoms with Crippen molar-refractivity contribution >= 4 is 0 Å². The number of hydrogen-bond donors (Lipinski definition) is 0. The van der Waals surface area contributed by atoms with Gasteiger partial charge in [-0.1, -0.05) is 19.1 Å². The Labute approximate surface area is 141 Å². The van der Waals surface area contributed by atoms with Gasteiger partial charge in [-0.2, -0.15) is 0 Å². The number of benzene rings is 1. The molecule has 1 aromatic carbocycles. The lowest BCUT2D eigenvalue weighted by atomic mass is 9.71. The predicted octanol–water partition coefficient (Wildman–Crippen LogP) is 6.30. The molecule has 0 N–H and O–H groups in total. The molecule has 0 spiro atoms. The van der Waals surface area contributed by atoms with E-state index in [0.29, 0.717) is 11.3 Å². The maximum atomic E-state index is 12.2. The summed E-state index contributed by atoms with van der Waals surface area (Å²) in [6.45, 7) is 2.41. The average Bonchev–Trinajstić information content (AvgIpc) is 3.20. The van der Waals surface area contributed by atoms with Crippen molar-refractivity contribution in [2.75, 3.05) is 0 Å². The Hall–Kier alpha value is -1.19. The van der Waals surface area contributed by atoms with Crippen molar-refractivity contribution in [2.45, 2.75) is 64.1 Å². The third-order valence-electron chi connectivity index (χ3n) is 7.06. The molecule has 1 nitrogen and oxygen atoms in total. The smallest absolute Gasteiger partial charge is 0.406 e. The fraction of sp³-hybridized carbons (Fsp3) is 0.700. The van der Waals surface area contributed by atoms with E-state index in [9.17, 15) is 13.2 Å². The van der Waals surface area contributed by atoms with Crippen LogP contribution in [0.15, 0.2) is 24.3 Å². The van der Waals surface area contributed by atoms with E-state index in [4.69, 9.17) is 0 Å². The van der Waals surface area contributed by atoms with Crippen LogP contribution in [0.1, 0.15) is 63.4 Å². The zero-order valence-electron chi connectivity index (χ0n) is 14.1. The maximum absolute atomic E-state index is 12.2. The molecule has 24 heavy (non-hydrogen) atoms. The molecule has 132 valence electrons. The van der Waals surface area contributed by atoms with Gasteiger partial charge in [0.05, 0.1) is 0 Å². The Kier molecular flexibility index (Phi) is 3.85. The minimum Gasteiger partial charge on any atom is -0.406 e. The van der Waals surface area contributed by atoms with Crippen molar-refractivity contribution in [1.29, 1.82) is 0 Å². The lowest BCUT2D eigenvalue weighted by Crippen LogP contribution is -2.22. The van der Waals surface area contributed by atoms with Gasteiger partial charge in [0.15, 0.2) is 0 Å². The summed E-state index contributed by atoms with van der Waals surface area (Å²) in [4.78, 5) is 0. The summed E-state index contributed by atoms with van der Waals surface area (Å²) in [6.07, 6.45) is 4.59. The second kappa shape index (κ2) is 5.67. The maximum Gasteiger partial charge on any atom is 0.573 e.